The molecule has 0 saturated heterocycles. The van der Waals surface area contributed by atoms with Crippen LogP contribution in [0.15, 0.2) is 18.2 Å². The number of carbonyl (C=O) groups is 2. The third-order valence-electron chi connectivity index (χ3n) is 4.48. The van der Waals surface area contributed by atoms with E-state index in [2.05, 4.69) is 20.7 Å². The number of rotatable bonds is 5. The predicted octanol–water partition coefficient (Wildman–Crippen LogP) is 1.68. The largest absolute Gasteiger partial charge is 0.333 e. The van der Waals surface area contributed by atoms with Crippen LogP contribution < -0.4 is 5.32 Å². The predicted molar refractivity (Wildman–Crippen MR) is 89.1 cm³/mol. The molecule has 0 aliphatic heterocycles. The Morgan fingerprint density at radius 3 is 2.65 bits per heavy atom. The summed E-state index contributed by atoms with van der Waals surface area (Å²) in [5, 5.41) is 12.8. The van der Waals surface area contributed by atoms with Gasteiger partial charge in [0.25, 0.3) is 0 Å². The molecule has 26 heavy (non-hydrogen) atoms. The number of likely N-dealkylation sites (N-methyl/N-ethyl adjacent to an activating group) is 1. The van der Waals surface area contributed by atoms with E-state index in [0.29, 0.717) is 25.8 Å². The van der Waals surface area contributed by atoms with Crippen LogP contribution in [0.3, 0.4) is 0 Å². The zero-order chi connectivity index (χ0) is 18.7. The Morgan fingerprint density at radius 2 is 1.96 bits per heavy atom. The van der Waals surface area contributed by atoms with E-state index in [1.807, 2.05) is 0 Å². The first-order chi connectivity index (χ1) is 12.5. The van der Waals surface area contributed by atoms with Crippen LogP contribution in [0.5, 0.6) is 0 Å². The van der Waals surface area contributed by atoms with Crippen LogP contribution in [-0.4, -0.2) is 45.2 Å². The van der Waals surface area contributed by atoms with E-state index >= 15 is 0 Å². The number of para-hydroxylation sites is 1. The number of hydrogen-bond donors (Lipinski definition) is 2. The van der Waals surface area contributed by atoms with Gasteiger partial charge in [-0.3, -0.25) is 9.59 Å². The first-order valence-electron chi connectivity index (χ1n) is 8.40. The monoisotopic (exact) mass is 363 g/mol. The molecule has 3 rings (SSSR count). The molecule has 0 spiro atoms. The van der Waals surface area contributed by atoms with Crippen molar-refractivity contribution in [3.05, 3.63) is 41.2 Å². The number of carbonyl (C=O) groups excluding carboxylic acids is 2. The zero-order valence-electron chi connectivity index (χ0n) is 14.3. The zero-order valence-corrected chi connectivity index (χ0v) is 14.3. The van der Waals surface area contributed by atoms with Gasteiger partial charge in [-0.05, 0) is 31.9 Å². The number of halogens is 2. The highest BCUT2D eigenvalue weighted by Crippen LogP contribution is 2.24. The van der Waals surface area contributed by atoms with Gasteiger partial charge in [0.2, 0.25) is 11.8 Å². The van der Waals surface area contributed by atoms with Gasteiger partial charge in [0, 0.05) is 18.9 Å². The minimum atomic E-state index is -0.862. The molecule has 2 N–H and O–H groups in total. The molecular weight excluding hydrogens is 344 g/mol. The van der Waals surface area contributed by atoms with Crippen LogP contribution in [0.1, 0.15) is 24.7 Å². The number of anilines is 1. The minimum absolute atomic E-state index is 0.176. The summed E-state index contributed by atoms with van der Waals surface area (Å²) in [7, 11) is 0. The van der Waals surface area contributed by atoms with E-state index in [4.69, 9.17) is 0 Å². The summed E-state index contributed by atoms with van der Waals surface area (Å²) in [6.45, 7) is 1.79. The smallest absolute Gasteiger partial charge is 0.244 e. The molecule has 1 atom stereocenters. The normalized spacial score (nSPS) is 16.0. The molecule has 2 amide bonds. The van der Waals surface area contributed by atoms with Gasteiger partial charge in [-0.15, -0.1) is 0 Å². The lowest BCUT2D eigenvalue weighted by Gasteiger charge is -2.27. The Kier molecular flexibility index (Phi) is 5.24. The topological polar surface area (TPSA) is 91.0 Å². The van der Waals surface area contributed by atoms with Crippen LogP contribution in [0.25, 0.3) is 0 Å². The summed E-state index contributed by atoms with van der Waals surface area (Å²) in [5.41, 5.74) is 1.12. The molecule has 138 valence electrons. The number of amides is 2. The first kappa shape index (κ1) is 18.0. The molecule has 2 aromatic rings. The Bertz CT molecular complexity index is 803. The van der Waals surface area contributed by atoms with Gasteiger partial charge in [-0.2, -0.15) is 15.4 Å². The Hall–Kier alpha value is -2.84. The number of nitrogens with zero attached hydrogens (tertiary/aromatic N) is 3. The second-order valence-electron chi connectivity index (χ2n) is 6.15. The van der Waals surface area contributed by atoms with Gasteiger partial charge in [-0.1, -0.05) is 6.07 Å². The lowest BCUT2D eigenvalue weighted by Crippen LogP contribution is -2.42. The van der Waals surface area contributed by atoms with Gasteiger partial charge < -0.3 is 10.2 Å². The van der Waals surface area contributed by atoms with Crippen molar-refractivity contribution in [2.45, 2.75) is 26.2 Å². The molecule has 0 fully saturated rings. The minimum Gasteiger partial charge on any atom is -0.333 e. The fourth-order valence-electron chi connectivity index (χ4n) is 3.07. The second kappa shape index (κ2) is 7.59. The van der Waals surface area contributed by atoms with Crippen molar-refractivity contribution < 1.29 is 18.4 Å². The average Bonchev–Trinajstić information content (AvgIpc) is 3.10. The molecular formula is C17H19F2N5O2. The van der Waals surface area contributed by atoms with E-state index in [1.165, 1.54) is 11.0 Å². The van der Waals surface area contributed by atoms with Gasteiger partial charge in [0.15, 0.2) is 0 Å². The third kappa shape index (κ3) is 3.71. The van der Waals surface area contributed by atoms with E-state index in [0.717, 1.165) is 23.5 Å². The number of aromatic amines is 1. The van der Waals surface area contributed by atoms with Crippen LogP contribution in [0.2, 0.25) is 0 Å². The number of nitrogens with one attached hydrogen (secondary N) is 2. The number of hydrogen-bond acceptors (Lipinski definition) is 4. The Balaban J connectivity index is 1.64. The lowest BCUT2D eigenvalue weighted by atomic mass is 9.88. The highest BCUT2D eigenvalue weighted by Gasteiger charge is 2.30. The Labute approximate surface area is 148 Å². The van der Waals surface area contributed by atoms with Crippen molar-refractivity contribution in [2.24, 2.45) is 5.92 Å². The van der Waals surface area contributed by atoms with E-state index in [-0.39, 0.29) is 18.4 Å². The SMILES string of the molecule is CCN(CC(=O)Nc1c(F)cccc1F)C(=O)[C@H]1CCc2n[nH]nc2C1. The van der Waals surface area contributed by atoms with E-state index < -0.39 is 23.2 Å². The van der Waals surface area contributed by atoms with Crippen LogP contribution in [0, 0.1) is 17.6 Å². The molecule has 1 aromatic heterocycles. The summed E-state index contributed by atoms with van der Waals surface area (Å²) < 4.78 is 27.3. The van der Waals surface area contributed by atoms with Crippen molar-refractivity contribution in [3.8, 4) is 0 Å². The maximum absolute atomic E-state index is 13.6. The lowest BCUT2D eigenvalue weighted by molar-refractivity contribution is -0.138. The summed E-state index contributed by atoms with van der Waals surface area (Å²) in [5.74, 6) is -2.84. The molecule has 0 radical (unpaired) electrons. The molecule has 1 aliphatic carbocycles. The summed E-state index contributed by atoms with van der Waals surface area (Å²) >= 11 is 0. The highest BCUT2D eigenvalue weighted by atomic mass is 19.1. The third-order valence-corrected chi connectivity index (χ3v) is 4.48. The van der Waals surface area contributed by atoms with E-state index in [1.54, 1.807) is 6.92 Å². The fourth-order valence-corrected chi connectivity index (χ4v) is 3.07. The molecule has 0 saturated carbocycles. The van der Waals surface area contributed by atoms with Crippen molar-refractivity contribution in [1.82, 2.24) is 20.3 Å². The van der Waals surface area contributed by atoms with Crippen molar-refractivity contribution in [2.75, 3.05) is 18.4 Å². The van der Waals surface area contributed by atoms with Gasteiger partial charge in [0.1, 0.15) is 17.3 Å². The Morgan fingerprint density at radius 1 is 1.27 bits per heavy atom. The fraction of sp³-hybridized carbons (Fsp3) is 0.412. The first-order valence-corrected chi connectivity index (χ1v) is 8.40. The maximum Gasteiger partial charge on any atom is 0.244 e. The second-order valence-corrected chi connectivity index (χ2v) is 6.15. The standard InChI is InChI=1S/C17H19F2N5O2/c1-2-24(9-15(25)20-16-11(18)4-3-5-12(16)19)17(26)10-6-7-13-14(8-10)22-23-21-13/h3-5,10H,2,6-9H2,1H3,(H,20,25)(H,21,22,23)/t10-/m0/s1. The van der Waals surface area contributed by atoms with Crippen molar-refractivity contribution >= 4 is 17.5 Å². The number of aryl methyl sites for hydroxylation is 1. The quantitative estimate of drug-likeness (QED) is 0.846. The van der Waals surface area contributed by atoms with Crippen LogP contribution >= 0.6 is 0 Å². The van der Waals surface area contributed by atoms with Crippen LogP contribution in [0.4, 0.5) is 14.5 Å². The number of aromatic nitrogens is 3. The van der Waals surface area contributed by atoms with Crippen molar-refractivity contribution in [1.29, 1.82) is 0 Å². The molecule has 1 aromatic carbocycles. The van der Waals surface area contributed by atoms with Gasteiger partial charge >= 0.3 is 0 Å². The molecule has 1 aliphatic rings. The highest BCUT2D eigenvalue weighted by molar-refractivity contribution is 5.95. The van der Waals surface area contributed by atoms with Gasteiger partial charge in [0.05, 0.1) is 17.9 Å². The van der Waals surface area contributed by atoms with Crippen LogP contribution in [-0.2, 0) is 22.4 Å². The van der Waals surface area contributed by atoms with Gasteiger partial charge in [-0.25, -0.2) is 8.78 Å². The molecule has 9 heteroatoms. The number of H-pyrrole nitrogens is 1. The molecule has 0 bridgehead atoms. The average molecular weight is 363 g/mol. The van der Waals surface area contributed by atoms with Crippen molar-refractivity contribution in [3.63, 3.8) is 0 Å². The van der Waals surface area contributed by atoms with E-state index in [9.17, 15) is 18.4 Å². The summed E-state index contributed by atoms with van der Waals surface area (Å²) in [6.07, 6.45) is 1.73. The molecule has 7 nitrogen and oxygen atoms in total. The molecule has 0 unspecified atom stereocenters. The summed E-state index contributed by atoms with van der Waals surface area (Å²) in [6, 6.07) is 3.32. The number of fused-ring (bicyclic) bond motifs is 1. The summed E-state index contributed by atoms with van der Waals surface area (Å²) in [4.78, 5) is 26.3. The number of benzene rings is 1. The molecule has 1 heterocycles. The maximum atomic E-state index is 13.6.